The van der Waals surface area contributed by atoms with Crippen molar-refractivity contribution in [1.82, 2.24) is 9.80 Å². The maximum atomic E-state index is 5.05. The summed E-state index contributed by atoms with van der Waals surface area (Å²) in [5.41, 5.74) is 3.37. The van der Waals surface area contributed by atoms with Crippen LogP contribution in [0.15, 0.2) is 35.3 Å². The Labute approximate surface area is 141 Å². The second-order valence-corrected chi connectivity index (χ2v) is 7.58. The fraction of sp³-hybridized carbons (Fsp3) is 0.389. The van der Waals surface area contributed by atoms with E-state index in [0.29, 0.717) is 0 Å². The topological polar surface area (TPSA) is 30.9 Å². The molecule has 1 aromatic heterocycles. The lowest BCUT2D eigenvalue weighted by Gasteiger charge is -2.24. The van der Waals surface area contributed by atoms with Gasteiger partial charge in [-0.25, -0.2) is 4.99 Å². The monoisotopic (exact) mass is 326 g/mol. The van der Waals surface area contributed by atoms with Crippen molar-refractivity contribution < 1.29 is 0 Å². The molecule has 0 spiro atoms. The first-order valence-electron chi connectivity index (χ1n) is 8.20. The molecule has 23 heavy (non-hydrogen) atoms. The van der Waals surface area contributed by atoms with E-state index in [9.17, 15) is 0 Å². The largest absolute Gasteiger partial charge is 0.355 e. The third-order valence-corrected chi connectivity index (χ3v) is 5.46. The van der Waals surface area contributed by atoms with Crippen molar-refractivity contribution in [1.29, 1.82) is 0 Å². The minimum Gasteiger partial charge on any atom is -0.355 e. The number of anilines is 2. The Kier molecular flexibility index (Phi) is 3.83. The molecule has 2 aliphatic rings. The number of fused-ring (bicyclic) bond motifs is 2. The van der Waals surface area contributed by atoms with Gasteiger partial charge in [-0.3, -0.25) is 0 Å². The van der Waals surface area contributed by atoms with Gasteiger partial charge in [0.1, 0.15) is 10.8 Å². The first-order chi connectivity index (χ1) is 11.2. The van der Waals surface area contributed by atoms with Gasteiger partial charge in [-0.05, 0) is 45.1 Å². The number of hydrogen-bond acceptors (Lipinski definition) is 5. The highest BCUT2D eigenvalue weighted by atomic mass is 32.1. The van der Waals surface area contributed by atoms with Gasteiger partial charge in [0.15, 0.2) is 0 Å². The van der Waals surface area contributed by atoms with Crippen molar-refractivity contribution in [2.24, 2.45) is 4.99 Å². The minimum absolute atomic E-state index is 1.03. The van der Waals surface area contributed by atoms with Crippen LogP contribution in [-0.4, -0.2) is 48.9 Å². The Morgan fingerprint density at radius 1 is 1.13 bits per heavy atom. The van der Waals surface area contributed by atoms with Crippen LogP contribution < -0.4 is 5.32 Å². The quantitative estimate of drug-likeness (QED) is 0.798. The van der Waals surface area contributed by atoms with E-state index in [1.165, 1.54) is 21.9 Å². The molecule has 4 nitrogen and oxygen atoms in total. The van der Waals surface area contributed by atoms with Crippen molar-refractivity contribution >= 4 is 33.5 Å². The van der Waals surface area contributed by atoms with E-state index in [2.05, 4.69) is 59.4 Å². The van der Waals surface area contributed by atoms with Crippen LogP contribution in [0.1, 0.15) is 16.9 Å². The molecule has 3 heterocycles. The number of aliphatic imine (C=N–C) groups is 1. The van der Waals surface area contributed by atoms with Crippen molar-refractivity contribution in [3.8, 4) is 0 Å². The number of hydrogen-bond donors (Lipinski definition) is 1. The predicted molar refractivity (Wildman–Crippen MR) is 98.7 cm³/mol. The van der Waals surface area contributed by atoms with Crippen molar-refractivity contribution in [3.63, 3.8) is 0 Å². The number of nitrogens with zero attached hydrogens (tertiary/aromatic N) is 3. The van der Waals surface area contributed by atoms with Gasteiger partial charge in [0.25, 0.3) is 0 Å². The molecule has 0 unspecified atom stereocenters. The average molecular weight is 326 g/mol. The Morgan fingerprint density at radius 2 is 2.00 bits per heavy atom. The first-order valence-corrected chi connectivity index (χ1v) is 9.01. The molecule has 4 rings (SSSR count). The molecular weight excluding hydrogens is 304 g/mol. The third-order valence-electron chi connectivity index (χ3n) is 4.49. The molecule has 1 fully saturated rings. The zero-order valence-electron chi connectivity index (χ0n) is 13.7. The fourth-order valence-corrected chi connectivity index (χ4v) is 4.17. The number of nitrogens with one attached hydrogen (secondary N) is 1. The van der Waals surface area contributed by atoms with E-state index < -0.39 is 0 Å². The fourth-order valence-electron chi connectivity index (χ4n) is 3.25. The van der Waals surface area contributed by atoms with Crippen LogP contribution in [0, 0.1) is 6.92 Å². The number of benzene rings is 1. The summed E-state index contributed by atoms with van der Waals surface area (Å²) in [5.74, 6) is 1.12. The summed E-state index contributed by atoms with van der Waals surface area (Å²) < 4.78 is 0. The molecule has 0 bridgehead atoms. The summed E-state index contributed by atoms with van der Waals surface area (Å²) in [7, 11) is 2.20. The molecular formula is C18H22N4S. The van der Waals surface area contributed by atoms with Crippen LogP contribution >= 0.6 is 11.3 Å². The summed E-state index contributed by atoms with van der Waals surface area (Å²) in [6.07, 6.45) is 1.18. The summed E-state index contributed by atoms with van der Waals surface area (Å²) in [5, 5.41) is 4.80. The molecule has 0 aliphatic carbocycles. The molecule has 0 radical (unpaired) electrons. The molecule has 1 saturated heterocycles. The third kappa shape index (κ3) is 2.86. The Balaban J connectivity index is 1.80. The normalized spacial score (nSPS) is 18.3. The van der Waals surface area contributed by atoms with Crippen LogP contribution in [-0.2, 0) is 0 Å². The highest BCUT2D eigenvalue weighted by molar-refractivity contribution is 7.16. The Bertz CT molecular complexity index is 749. The molecule has 0 atom stereocenters. The zero-order valence-corrected chi connectivity index (χ0v) is 14.5. The van der Waals surface area contributed by atoms with E-state index >= 15 is 0 Å². The molecule has 0 amide bonds. The van der Waals surface area contributed by atoms with E-state index in [0.717, 1.165) is 43.4 Å². The van der Waals surface area contributed by atoms with Crippen LogP contribution in [0.5, 0.6) is 0 Å². The summed E-state index contributed by atoms with van der Waals surface area (Å²) in [6.45, 7) is 6.52. The summed E-state index contributed by atoms with van der Waals surface area (Å²) in [6, 6.07) is 10.6. The molecule has 0 saturated carbocycles. The number of amidine groups is 1. The lowest BCUT2D eigenvalue weighted by Crippen LogP contribution is -2.34. The van der Waals surface area contributed by atoms with Gasteiger partial charge in [-0.1, -0.05) is 12.1 Å². The average Bonchev–Trinajstić information content (AvgIpc) is 2.70. The van der Waals surface area contributed by atoms with Gasteiger partial charge in [0, 0.05) is 24.5 Å². The van der Waals surface area contributed by atoms with Crippen LogP contribution in [0.2, 0.25) is 0 Å². The summed E-state index contributed by atoms with van der Waals surface area (Å²) in [4.78, 5) is 11.2. The smallest absolute Gasteiger partial charge is 0.139 e. The van der Waals surface area contributed by atoms with E-state index in [4.69, 9.17) is 4.99 Å². The number of aryl methyl sites for hydroxylation is 1. The van der Waals surface area contributed by atoms with Crippen LogP contribution in [0.25, 0.3) is 0 Å². The van der Waals surface area contributed by atoms with Gasteiger partial charge in [0.2, 0.25) is 0 Å². The minimum atomic E-state index is 1.03. The van der Waals surface area contributed by atoms with Gasteiger partial charge in [0.05, 0.1) is 16.9 Å². The molecule has 1 N–H and O–H groups in total. The van der Waals surface area contributed by atoms with Gasteiger partial charge in [-0.15, -0.1) is 11.3 Å². The molecule has 5 heteroatoms. The van der Waals surface area contributed by atoms with Gasteiger partial charge >= 0.3 is 0 Å². The van der Waals surface area contributed by atoms with E-state index in [1.807, 2.05) is 11.3 Å². The number of rotatable bonds is 0. The van der Waals surface area contributed by atoms with Crippen molar-refractivity contribution in [2.45, 2.75) is 13.3 Å². The van der Waals surface area contributed by atoms with Crippen LogP contribution in [0.4, 0.5) is 16.4 Å². The van der Waals surface area contributed by atoms with E-state index in [1.54, 1.807) is 0 Å². The molecule has 120 valence electrons. The lowest BCUT2D eigenvalue weighted by atomic mass is 10.2. The molecule has 2 aliphatic heterocycles. The SMILES string of the molecule is Cc1cc2c(s1)Nc1ccccc1N=C2N1CCCN(C)CC1. The maximum absolute atomic E-state index is 5.05. The first kappa shape index (κ1) is 14.7. The highest BCUT2D eigenvalue weighted by Crippen LogP contribution is 2.39. The highest BCUT2D eigenvalue weighted by Gasteiger charge is 2.24. The second-order valence-electron chi connectivity index (χ2n) is 6.32. The predicted octanol–water partition coefficient (Wildman–Crippen LogP) is 3.83. The Hall–Kier alpha value is -1.85. The second kappa shape index (κ2) is 5.98. The summed E-state index contributed by atoms with van der Waals surface area (Å²) >= 11 is 1.81. The number of thiophene rings is 1. The zero-order chi connectivity index (χ0) is 15.8. The molecule has 2 aromatic rings. The Morgan fingerprint density at radius 3 is 2.91 bits per heavy atom. The standard InChI is InChI=1S/C18H22N4S/c1-13-12-14-17(22-9-5-8-21(2)10-11-22)19-15-6-3-4-7-16(15)20-18(14)23-13/h3-4,6-7,12,20H,5,8-11H2,1-2H3. The van der Waals surface area contributed by atoms with Crippen LogP contribution in [0.3, 0.4) is 0 Å². The number of para-hydroxylation sites is 2. The van der Waals surface area contributed by atoms with Crippen molar-refractivity contribution in [3.05, 3.63) is 40.8 Å². The van der Waals surface area contributed by atoms with Crippen molar-refractivity contribution in [2.75, 3.05) is 38.5 Å². The lowest BCUT2D eigenvalue weighted by molar-refractivity contribution is 0.346. The number of likely N-dealkylation sites (N-methyl/N-ethyl adjacent to an activating group) is 1. The molecule has 1 aromatic carbocycles. The van der Waals surface area contributed by atoms with Gasteiger partial charge in [-0.2, -0.15) is 0 Å². The maximum Gasteiger partial charge on any atom is 0.139 e. The van der Waals surface area contributed by atoms with E-state index in [-0.39, 0.29) is 0 Å². The van der Waals surface area contributed by atoms with Gasteiger partial charge < -0.3 is 15.1 Å².